The first-order valence-electron chi connectivity index (χ1n) is 6.21. The molecule has 86 valence electrons. The van der Waals surface area contributed by atoms with Crippen molar-refractivity contribution in [2.75, 3.05) is 6.54 Å². The molecule has 1 unspecified atom stereocenters. The summed E-state index contributed by atoms with van der Waals surface area (Å²) in [5, 5.41) is 3.64. The van der Waals surface area contributed by atoms with Crippen molar-refractivity contribution in [1.29, 1.82) is 0 Å². The monoisotopic (exact) mass is 213 g/mol. The van der Waals surface area contributed by atoms with E-state index < -0.39 is 0 Å². The van der Waals surface area contributed by atoms with Crippen LogP contribution < -0.4 is 5.32 Å². The summed E-state index contributed by atoms with van der Waals surface area (Å²) in [6.45, 7) is 16.8. The maximum atomic E-state index is 3.64. The predicted molar refractivity (Wildman–Crippen MR) is 72.7 cm³/mol. The zero-order chi connectivity index (χ0) is 12.7. The van der Waals surface area contributed by atoms with E-state index in [9.17, 15) is 0 Å². The van der Waals surface area contributed by atoms with Gasteiger partial charge in [-0.1, -0.05) is 0 Å². The van der Waals surface area contributed by atoms with Gasteiger partial charge in [-0.05, 0) is 0 Å². The van der Waals surface area contributed by atoms with Crippen molar-refractivity contribution in [3.05, 3.63) is 21.0 Å². The van der Waals surface area contributed by atoms with Crippen molar-refractivity contribution in [2.45, 2.75) is 54.0 Å². The fourth-order valence-electron chi connectivity index (χ4n) is 2.38. The second-order valence-corrected chi connectivity index (χ2v) is 6.44. The van der Waals surface area contributed by atoms with Gasteiger partial charge in [-0.2, -0.15) is 0 Å². The minimum atomic E-state index is 0.188. The molecule has 16 heavy (non-hydrogen) atoms. The molecule has 1 N–H and O–H groups in total. The van der Waals surface area contributed by atoms with E-state index in [0.29, 0.717) is 0 Å². The Hall–Kier alpha value is 0.0374. The van der Waals surface area contributed by atoms with Crippen LogP contribution in [0, 0.1) is 5.41 Å². The van der Waals surface area contributed by atoms with Crippen LogP contribution in [0.2, 0.25) is 0 Å². The van der Waals surface area contributed by atoms with Gasteiger partial charge in [-0.3, -0.25) is 0 Å². The number of rotatable bonds is 2. The summed E-state index contributed by atoms with van der Waals surface area (Å²) >= 11 is 2.28. The van der Waals surface area contributed by atoms with Crippen molar-refractivity contribution >= 4 is 17.7 Å². The Balaban J connectivity index is 2.95. The van der Waals surface area contributed by atoms with Gasteiger partial charge < -0.3 is 0 Å². The third kappa shape index (κ3) is 2.48. The van der Waals surface area contributed by atoms with Crippen LogP contribution in [0.15, 0.2) is 21.0 Å². The molecule has 0 saturated heterocycles. The van der Waals surface area contributed by atoms with Crippen molar-refractivity contribution in [2.24, 2.45) is 5.41 Å². The molecule has 2 heteroatoms. The molecule has 0 radical (unpaired) electrons. The summed E-state index contributed by atoms with van der Waals surface area (Å²) in [5.74, 6) is 0. The van der Waals surface area contributed by atoms with E-state index in [1.807, 2.05) is 0 Å². The molecule has 0 aromatic heterocycles. The maximum absolute atomic E-state index is 3.64. The number of allylic oxidation sites excluding steroid dienone is 2. The SMILES string of the molecule is [Li][C]1=C(C)C(C)=C(C)C1(C)CNC(C)(C)C. The van der Waals surface area contributed by atoms with E-state index in [4.69, 9.17) is 0 Å². The molecular formula is C14H24LiN. The Morgan fingerprint density at radius 3 is 1.94 bits per heavy atom. The van der Waals surface area contributed by atoms with E-state index in [1.165, 1.54) is 21.0 Å². The summed E-state index contributed by atoms with van der Waals surface area (Å²) in [7, 11) is 0. The van der Waals surface area contributed by atoms with Crippen LogP contribution in [-0.2, 0) is 0 Å². The first-order valence-corrected chi connectivity index (χ1v) is 6.21. The Labute approximate surface area is 110 Å². The van der Waals surface area contributed by atoms with Gasteiger partial charge in [-0.25, -0.2) is 0 Å². The standard InChI is InChI=1S/C14H24N.Li/c1-10-8-14(7,12(3)11(10)2)9-15-13(4,5)6;/h15H,9H2,1-7H3;. The molecule has 1 aliphatic carbocycles. The molecular weight excluding hydrogens is 189 g/mol. The number of nitrogens with one attached hydrogen (secondary N) is 1. The Bertz CT molecular complexity index is 331. The molecule has 0 heterocycles. The first-order chi connectivity index (χ1) is 7.09. The van der Waals surface area contributed by atoms with Gasteiger partial charge in [0, 0.05) is 0 Å². The Kier molecular flexibility index (Phi) is 3.85. The third-order valence-corrected chi connectivity index (χ3v) is 4.32. The van der Waals surface area contributed by atoms with Crippen LogP contribution in [0.1, 0.15) is 48.5 Å². The van der Waals surface area contributed by atoms with Gasteiger partial charge in [-0.15, -0.1) is 0 Å². The molecule has 0 aromatic rings. The van der Waals surface area contributed by atoms with Gasteiger partial charge in [0.25, 0.3) is 0 Å². The molecule has 0 amide bonds. The van der Waals surface area contributed by atoms with Gasteiger partial charge >= 0.3 is 110 Å². The predicted octanol–water partition coefficient (Wildman–Crippen LogP) is 3.17. The summed E-state index contributed by atoms with van der Waals surface area (Å²) in [5.41, 5.74) is 4.89. The fourth-order valence-corrected chi connectivity index (χ4v) is 2.38. The summed E-state index contributed by atoms with van der Waals surface area (Å²) in [6, 6.07) is 0. The van der Waals surface area contributed by atoms with Crippen LogP contribution in [0.25, 0.3) is 0 Å². The summed E-state index contributed by atoms with van der Waals surface area (Å²) < 4.78 is 1.53. The molecule has 1 atom stereocenters. The van der Waals surface area contributed by atoms with E-state index in [-0.39, 0.29) is 11.0 Å². The van der Waals surface area contributed by atoms with Crippen LogP contribution in [0.5, 0.6) is 0 Å². The molecule has 0 aliphatic heterocycles. The summed E-state index contributed by atoms with van der Waals surface area (Å²) in [6.07, 6.45) is 0. The van der Waals surface area contributed by atoms with E-state index in [1.54, 1.807) is 0 Å². The van der Waals surface area contributed by atoms with Crippen LogP contribution in [0.4, 0.5) is 0 Å². The van der Waals surface area contributed by atoms with E-state index >= 15 is 0 Å². The molecule has 1 rings (SSSR count). The van der Waals surface area contributed by atoms with Crippen LogP contribution >= 0.6 is 0 Å². The molecule has 0 aromatic carbocycles. The quantitative estimate of drug-likeness (QED) is 0.695. The van der Waals surface area contributed by atoms with Crippen molar-refractivity contribution in [3.8, 4) is 0 Å². The van der Waals surface area contributed by atoms with Crippen molar-refractivity contribution in [3.63, 3.8) is 0 Å². The van der Waals surface area contributed by atoms with Crippen LogP contribution in [0.3, 0.4) is 0 Å². The topological polar surface area (TPSA) is 12.0 Å². The number of hydrogen-bond acceptors (Lipinski definition) is 1. The second-order valence-electron chi connectivity index (χ2n) is 6.44. The molecule has 1 aliphatic rings. The minimum absolute atomic E-state index is 0.188. The first kappa shape index (κ1) is 14.1. The van der Waals surface area contributed by atoms with Gasteiger partial charge in [0.15, 0.2) is 0 Å². The molecule has 0 fully saturated rings. The van der Waals surface area contributed by atoms with Gasteiger partial charge in [0.2, 0.25) is 0 Å². The second kappa shape index (κ2) is 4.37. The molecule has 0 saturated carbocycles. The van der Waals surface area contributed by atoms with E-state index in [0.717, 1.165) is 6.54 Å². The Morgan fingerprint density at radius 1 is 1.12 bits per heavy atom. The normalized spacial score (nSPS) is 27.1. The Morgan fingerprint density at radius 2 is 1.62 bits per heavy atom. The molecule has 0 spiro atoms. The molecule has 0 bridgehead atoms. The molecule has 1 nitrogen and oxygen atoms in total. The average molecular weight is 213 g/mol. The van der Waals surface area contributed by atoms with Crippen molar-refractivity contribution in [1.82, 2.24) is 5.32 Å². The van der Waals surface area contributed by atoms with Gasteiger partial charge in [0.05, 0.1) is 0 Å². The van der Waals surface area contributed by atoms with Crippen LogP contribution in [-0.4, -0.2) is 29.8 Å². The fraction of sp³-hybridized carbons (Fsp3) is 0.714. The van der Waals surface area contributed by atoms with Crippen molar-refractivity contribution < 1.29 is 0 Å². The average Bonchev–Trinajstić information content (AvgIpc) is 2.31. The zero-order valence-electron chi connectivity index (χ0n) is 12.2. The third-order valence-electron chi connectivity index (χ3n) is 4.32. The summed E-state index contributed by atoms with van der Waals surface area (Å²) in [4.78, 5) is 0. The van der Waals surface area contributed by atoms with Gasteiger partial charge in [0.1, 0.15) is 0 Å². The zero-order valence-corrected chi connectivity index (χ0v) is 12.2. The van der Waals surface area contributed by atoms with E-state index in [2.05, 4.69) is 71.5 Å². The number of hydrogen-bond donors (Lipinski definition) is 1.